The molecule has 0 saturated carbocycles. The standard InChI is InChI=1S/C21H30O6.C8H8Cl2.CO2/c1-5-17(19(22)25-6-2)13-15-10-9-11-16(12-15)14-18(20(23)26-7-3)21(24)27-8-4;9-5-7-2-1-3-8(4-7)6-10;2-1-3/h9-12,17-18H,5-8,13-14H2,1-4H3;1-4H,5-6H2;. The smallest absolute Gasteiger partial charge is 0.373 e. The number of rotatable bonds is 13. The van der Waals surface area contributed by atoms with E-state index < -0.39 is 17.9 Å². The average molecular weight is 598 g/mol. The van der Waals surface area contributed by atoms with Crippen LogP contribution in [0.3, 0.4) is 0 Å². The Kier molecular flexibility index (Phi) is 20.8. The van der Waals surface area contributed by atoms with Crippen LogP contribution < -0.4 is 0 Å². The first-order valence-electron chi connectivity index (χ1n) is 13.0. The third-order valence-corrected chi connectivity index (χ3v) is 6.09. The van der Waals surface area contributed by atoms with E-state index in [0.717, 1.165) is 22.3 Å². The second-order valence-corrected chi connectivity index (χ2v) is 8.85. The third kappa shape index (κ3) is 14.8. The minimum absolute atomic E-state index is 0.196. The van der Waals surface area contributed by atoms with Gasteiger partial charge >= 0.3 is 24.1 Å². The molecule has 0 aromatic heterocycles. The molecule has 0 aliphatic carbocycles. The minimum atomic E-state index is -0.993. The number of hydrogen-bond donors (Lipinski definition) is 0. The van der Waals surface area contributed by atoms with Crippen molar-refractivity contribution in [3.8, 4) is 0 Å². The van der Waals surface area contributed by atoms with E-state index in [9.17, 15) is 14.4 Å². The molecule has 0 saturated heterocycles. The second-order valence-electron chi connectivity index (χ2n) is 8.31. The molecule has 0 radical (unpaired) electrons. The summed E-state index contributed by atoms with van der Waals surface area (Å²) in [7, 11) is 0. The van der Waals surface area contributed by atoms with Gasteiger partial charge in [0.05, 0.1) is 25.7 Å². The number of ether oxygens (including phenoxy) is 3. The maximum atomic E-state index is 12.1. The van der Waals surface area contributed by atoms with Gasteiger partial charge < -0.3 is 14.2 Å². The largest absolute Gasteiger partial charge is 0.466 e. The van der Waals surface area contributed by atoms with Crippen LogP contribution in [-0.2, 0) is 62.8 Å². The van der Waals surface area contributed by atoms with Gasteiger partial charge in [0.25, 0.3) is 0 Å². The Labute approximate surface area is 246 Å². The van der Waals surface area contributed by atoms with Crippen molar-refractivity contribution in [2.75, 3.05) is 19.8 Å². The summed E-state index contributed by atoms with van der Waals surface area (Å²) in [6.45, 7) is 7.89. The molecule has 1 atom stereocenters. The Morgan fingerprint density at radius 1 is 0.675 bits per heavy atom. The SMILES string of the molecule is CCOC(=O)C(CC)Cc1cccc(CC(C(=O)OCC)C(=O)OCC)c1.ClCc1cccc(CCl)c1.O=C=O. The minimum Gasteiger partial charge on any atom is -0.466 e. The van der Waals surface area contributed by atoms with Crippen molar-refractivity contribution in [1.82, 2.24) is 0 Å². The predicted molar refractivity (Wildman–Crippen MR) is 152 cm³/mol. The van der Waals surface area contributed by atoms with Crippen LogP contribution in [0.25, 0.3) is 0 Å². The van der Waals surface area contributed by atoms with Gasteiger partial charge in [-0.2, -0.15) is 9.59 Å². The highest BCUT2D eigenvalue weighted by molar-refractivity contribution is 6.17. The third-order valence-electron chi connectivity index (χ3n) is 5.47. The molecule has 10 heteroatoms. The molecule has 2 aromatic rings. The molecular formula is C30H38Cl2O8. The molecule has 0 aliphatic rings. The van der Waals surface area contributed by atoms with Crippen LogP contribution in [0.4, 0.5) is 0 Å². The fourth-order valence-corrected chi connectivity index (χ4v) is 3.94. The van der Waals surface area contributed by atoms with E-state index in [2.05, 4.69) is 0 Å². The summed E-state index contributed by atoms with van der Waals surface area (Å²) in [4.78, 5) is 52.6. The van der Waals surface area contributed by atoms with Gasteiger partial charge in [-0.3, -0.25) is 14.4 Å². The van der Waals surface area contributed by atoms with Crippen molar-refractivity contribution in [1.29, 1.82) is 0 Å². The Balaban J connectivity index is 0.000000961. The Bertz CT molecular complexity index is 1030. The zero-order chi connectivity index (χ0) is 30.3. The number of benzene rings is 2. The number of carbonyl (C=O) groups is 3. The van der Waals surface area contributed by atoms with Crippen molar-refractivity contribution < 1.29 is 38.2 Å². The van der Waals surface area contributed by atoms with Gasteiger partial charge in [0.15, 0.2) is 5.92 Å². The van der Waals surface area contributed by atoms with Crippen LogP contribution >= 0.6 is 23.2 Å². The van der Waals surface area contributed by atoms with E-state index in [0.29, 0.717) is 31.2 Å². The number of hydrogen-bond acceptors (Lipinski definition) is 8. The molecular weight excluding hydrogens is 559 g/mol. The molecule has 40 heavy (non-hydrogen) atoms. The molecule has 0 amide bonds. The molecule has 1 unspecified atom stereocenters. The number of halogens is 2. The highest BCUT2D eigenvalue weighted by Crippen LogP contribution is 2.19. The summed E-state index contributed by atoms with van der Waals surface area (Å²) in [6.07, 6.45) is 1.67. The zero-order valence-electron chi connectivity index (χ0n) is 23.5. The van der Waals surface area contributed by atoms with Crippen LogP contribution in [0.1, 0.15) is 56.4 Å². The lowest BCUT2D eigenvalue weighted by Gasteiger charge is -2.16. The van der Waals surface area contributed by atoms with Crippen molar-refractivity contribution in [2.24, 2.45) is 11.8 Å². The summed E-state index contributed by atoms with van der Waals surface area (Å²) in [5, 5.41) is 0. The fourth-order valence-electron chi connectivity index (χ4n) is 3.60. The van der Waals surface area contributed by atoms with Gasteiger partial charge in [-0.1, -0.05) is 55.5 Å². The van der Waals surface area contributed by atoms with Crippen molar-refractivity contribution in [3.63, 3.8) is 0 Å². The van der Waals surface area contributed by atoms with Crippen LogP contribution in [0, 0.1) is 11.8 Å². The van der Waals surface area contributed by atoms with Crippen molar-refractivity contribution >= 4 is 47.3 Å². The highest BCUT2D eigenvalue weighted by Gasteiger charge is 2.30. The molecule has 0 spiro atoms. The summed E-state index contributed by atoms with van der Waals surface area (Å²) >= 11 is 11.2. The lowest BCUT2D eigenvalue weighted by atomic mass is 9.93. The average Bonchev–Trinajstić information content (AvgIpc) is 2.96. The lowest BCUT2D eigenvalue weighted by Crippen LogP contribution is -2.30. The van der Waals surface area contributed by atoms with Gasteiger partial charge in [-0.15, -0.1) is 23.2 Å². The molecule has 0 fully saturated rings. The van der Waals surface area contributed by atoms with E-state index in [1.54, 1.807) is 20.8 Å². The maximum Gasteiger partial charge on any atom is 0.373 e. The number of esters is 3. The first-order valence-corrected chi connectivity index (χ1v) is 14.1. The summed E-state index contributed by atoms with van der Waals surface area (Å²) in [5.41, 5.74) is 4.02. The van der Waals surface area contributed by atoms with Crippen LogP contribution in [-0.4, -0.2) is 43.9 Å². The first-order chi connectivity index (χ1) is 19.2. The second kappa shape index (κ2) is 22.6. The zero-order valence-corrected chi connectivity index (χ0v) is 25.0. The molecule has 0 bridgehead atoms. The van der Waals surface area contributed by atoms with E-state index in [1.807, 2.05) is 55.5 Å². The molecule has 2 aromatic carbocycles. The molecule has 220 valence electrons. The van der Waals surface area contributed by atoms with Crippen LogP contribution in [0.5, 0.6) is 0 Å². The molecule has 0 N–H and O–H groups in total. The Hall–Kier alpha value is -3.19. The van der Waals surface area contributed by atoms with E-state index in [1.165, 1.54) is 0 Å². The van der Waals surface area contributed by atoms with Crippen LogP contribution in [0.2, 0.25) is 0 Å². The Morgan fingerprint density at radius 2 is 1.05 bits per heavy atom. The first kappa shape index (κ1) is 36.8. The molecule has 0 heterocycles. The molecule has 0 aliphatic heterocycles. The van der Waals surface area contributed by atoms with E-state index in [4.69, 9.17) is 47.0 Å². The quantitative estimate of drug-likeness (QED) is 0.125. The predicted octanol–water partition coefficient (Wildman–Crippen LogP) is 5.68. The monoisotopic (exact) mass is 596 g/mol. The van der Waals surface area contributed by atoms with E-state index in [-0.39, 0.29) is 37.7 Å². The van der Waals surface area contributed by atoms with Gasteiger partial charge in [0.2, 0.25) is 0 Å². The fraction of sp³-hybridized carbons (Fsp3) is 0.467. The number of alkyl halides is 2. The summed E-state index contributed by atoms with van der Waals surface area (Å²) < 4.78 is 15.1. The van der Waals surface area contributed by atoms with Gasteiger partial charge in [0.1, 0.15) is 0 Å². The normalized spacial score (nSPS) is 10.6. The highest BCUT2D eigenvalue weighted by atomic mass is 35.5. The summed E-state index contributed by atoms with van der Waals surface area (Å²) in [6, 6.07) is 15.5. The maximum absolute atomic E-state index is 12.1. The van der Waals surface area contributed by atoms with Gasteiger partial charge in [-0.05, 0) is 62.3 Å². The number of carbonyl (C=O) groups excluding carboxylic acids is 5. The van der Waals surface area contributed by atoms with Gasteiger partial charge in [-0.25, -0.2) is 0 Å². The topological polar surface area (TPSA) is 113 Å². The molecule has 2 rings (SSSR count). The molecule has 8 nitrogen and oxygen atoms in total. The van der Waals surface area contributed by atoms with Crippen molar-refractivity contribution in [3.05, 3.63) is 70.8 Å². The van der Waals surface area contributed by atoms with Crippen LogP contribution in [0.15, 0.2) is 48.5 Å². The lowest BCUT2D eigenvalue weighted by molar-refractivity contribution is -0.191. The summed E-state index contributed by atoms with van der Waals surface area (Å²) in [5.74, 6) is -1.46. The Morgan fingerprint density at radius 3 is 1.45 bits per heavy atom. The van der Waals surface area contributed by atoms with Gasteiger partial charge in [0, 0.05) is 11.8 Å². The van der Waals surface area contributed by atoms with Crippen molar-refractivity contribution in [2.45, 2.75) is 58.7 Å². The van der Waals surface area contributed by atoms with E-state index >= 15 is 0 Å².